The van der Waals surface area contributed by atoms with Gasteiger partial charge in [-0.25, -0.2) is 18.0 Å². The fourth-order valence-electron chi connectivity index (χ4n) is 1.84. The third-order valence-corrected chi connectivity index (χ3v) is 2.70. The highest BCUT2D eigenvalue weighted by atomic mass is 19.2. The molecule has 5 nitrogen and oxygen atoms in total. The van der Waals surface area contributed by atoms with Gasteiger partial charge in [0, 0.05) is 6.20 Å². The van der Waals surface area contributed by atoms with Gasteiger partial charge in [0.15, 0.2) is 17.5 Å². The van der Waals surface area contributed by atoms with Crippen molar-refractivity contribution in [2.24, 2.45) is 0 Å². The van der Waals surface area contributed by atoms with Crippen LogP contribution in [0.15, 0.2) is 17.1 Å². The number of halogens is 3. The van der Waals surface area contributed by atoms with Gasteiger partial charge in [-0.3, -0.25) is 4.79 Å². The molecular weight excluding hydrogens is 279 g/mol. The quantitative estimate of drug-likeness (QED) is 0.681. The Bertz CT molecular complexity index is 798. The minimum absolute atomic E-state index is 0.302. The summed E-state index contributed by atoms with van der Waals surface area (Å²) in [5.41, 5.74) is -2.59. The summed E-state index contributed by atoms with van der Waals surface area (Å²) in [6.07, 6.45) is 1.01. The van der Waals surface area contributed by atoms with Gasteiger partial charge in [-0.15, -0.1) is 0 Å². The van der Waals surface area contributed by atoms with Crippen LogP contribution in [0.5, 0.6) is 0 Å². The Morgan fingerprint density at radius 2 is 1.95 bits per heavy atom. The van der Waals surface area contributed by atoms with Crippen LogP contribution >= 0.6 is 0 Å². The maximum absolute atomic E-state index is 13.7. The second kappa shape index (κ2) is 4.80. The molecule has 0 saturated heterocycles. The zero-order chi connectivity index (χ0) is 15.0. The monoisotopic (exact) mass is 285 g/mol. The van der Waals surface area contributed by atoms with Crippen molar-refractivity contribution in [2.45, 2.75) is 6.54 Å². The van der Waals surface area contributed by atoms with Crippen LogP contribution in [0.4, 0.5) is 13.2 Å². The van der Waals surface area contributed by atoms with E-state index in [0.29, 0.717) is 18.5 Å². The third-order valence-electron chi connectivity index (χ3n) is 2.70. The summed E-state index contributed by atoms with van der Waals surface area (Å²) in [4.78, 5) is 33.2. The molecule has 0 radical (unpaired) electrons. The van der Waals surface area contributed by atoms with Gasteiger partial charge in [0.25, 0.3) is 0 Å². The molecule has 2 rings (SSSR count). The van der Waals surface area contributed by atoms with Crippen molar-refractivity contribution in [1.82, 2.24) is 4.57 Å². The van der Waals surface area contributed by atoms with Crippen LogP contribution in [0.1, 0.15) is 10.4 Å². The minimum atomic E-state index is -1.81. The van der Waals surface area contributed by atoms with Crippen LogP contribution in [-0.4, -0.2) is 21.9 Å². The molecule has 1 N–H and O–H groups in total. The van der Waals surface area contributed by atoms with Crippen molar-refractivity contribution >= 4 is 23.2 Å². The van der Waals surface area contributed by atoms with Crippen molar-refractivity contribution in [3.63, 3.8) is 0 Å². The van der Waals surface area contributed by atoms with Gasteiger partial charge in [0.1, 0.15) is 11.8 Å². The maximum Gasteiger partial charge on any atom is 0.341 e. The first-order chi connectivity index (χ1) is 9.38. The third kappa shape index (κ3) is 1.94. The molecule has 0 amide bonds. The van der Waals surface area contributed by atoms with Gasteiger partial charge >= 0.3 is 5.97 Å². The molecule has 1 aromatic heterocycles. The lowest BCUT2D eigenvalue weighted by atomic mass is 10.1. The van der Waals surface area contributed by atoms with Crippen LogP contribution in [0.25, 0.3) is 10.9 Å². The standard InChI is InChI=1S/C12H6F3NO4/c13-7-3-5-10(9(15)8(7)14)16(1-2-17)4-6(11(5)18)12(19)20/h2-4H,1H2,(H,19,20). The molecule has 0 atom stereocenters. The number of carboxylic acids is 1. The normalized spacial score (nSPS) is 10.8. The molecule has 0 fully saturated rings. The summed E-state index contributed by atoms with van der Waals surface area (Å²) in [6, 6.07) is 0.407. The number of benzene rings is 1. The number of fused-ring (bicyclic) bond motifs is 1. The molecule has 2 aromatic rings. The van der Waals surface area contributed by atoms with Crippen molar-refractivity contribution in [3.05, 3.63) is 45.5 Å². The number of hydrogen-bond acceptors (Lipinski definition) is 3. The Kier molecular flexibility index (Phi) is 3.31. The lowest BCUT2D eigenvalue weighted by Crippen LogP contribution is -2.20. The lowest BCUT2D eigenvalue weighted by Gasteiger charge is -2.11. The molecule has 0 saturated carbocycles. The van der Waals surface area contributed by atoms with E-state index in [2.05, 4.69) is 0 Å². The number of carbonyl (C=O) groups is 2. The summed E-state index contributed by atoms with van der Waals surface area (Å²) < 4.78 is 40.8. The van der Waals surface area contributed by atoms with Gasteiger partial charge in [-0.05, 0) is 6.07 Å². The van der Waals surface area contributed by atoms with Crippen LogP contribution in [0.2, 0.25) is 0 Å². The maximum atomic E-state index is 13.7. The Labute approximate surface area is 108 Å². The van der Waals surface area contributed by atoms with E-state index >= 15 is 0 Å². The average Bonchev–Trinajstić information content (AvgIpc) is 2.39. The molecule has 0 aliphatic carbocycles. The van der Waals surface area contributed by atoms with Gasteiger partial charge in [0.2, 0.25) is 5.43 Å². The van der Waals surface area contributed by atoms with Gasteiger partial charge < -0.3 is 14.5 Å². The number of hydrogen-bond donors (Lipinski definition) is 1. The molecule has 0 aliphatic heterocycles. The van der Waals surface area contributed by atoms with Gasteiger partial charge in [-0.2, -0.15) is 0 Å². The largest absolute Gasteiger partial charge is 0.477 e. The Morgan fingerprint density at radius 3 is 2.50 bits per heavy atom. The number of aromatic carboxylic acids is 1. The van der Waals surface area contributed by atoms with E-state index in [1.807, 2.05) is 0 Å². The Hall–Kier alpha value is -2.64. The van der Waals surface area contributed by atoms with E-state index in [-0.39, 0.29) is 0 Å². The first kappa shape index (κ1) is 13.8. The summed E-state index contributed by atoms with van der Waals surface area (Å²) in [5, 5.41) is 8.20. The van der Waals surface area contributed by atoms with Crippen molar-refractivity contribution in [2.75, 3.05) is 0 Å². The summed E-state index contributed by atoms with van der Waals surface area (Å²) in [7, 11) is 0. The predicted molar refractivity (Wildman–Crippen MR) is 61.1 cm³/mol. The molecule has 20 heavy (non-hydrogen) atoms. The van der Waals surface area contributed by atoms with E-state index in [0.717, 1.165) is 4.57 Å². The number of aldehydes is 1. The van der Waals surface area contributed by atoms with Crippen LogP contribution in [0.3, 0.4) is 0 Å². The Balaban J connectivity index is 3.06. The highest BCUT2D eigenvalue weighted by Gasteiger charge is 2.21. The molecule has 0 unspecified atom stereocenters. The number of aromatic nitrogens is 1. The fourth-order valence-corrected chi connectivity index (χ4v) is 1.84. The van der Waals surface area contributed by atoms with E-state index < -0.39 is 51.9 Å². The molecule has 8 heteroatoms. The van der Waals surface area contributed by atoms with Crippen molar-refractivity contribution in [3.8, 4) is 0 Å². The van der Waals surface area contributed by atoms with Gasteiger partial charge in [-0.1, -0.05) is 0 Å². The highest BCUT2D eigenvalue weighted by molar-refractivity contribution is 5.93. The molecule has 0 aliphatic rings. The van der Waals surface area contributed by atoms with E-state index in [4.69, 9.17) is 5.11 Å². The highest BCUT2D eigenvalue weighted by Crippen LogP contribution is 2.21. The first-order valence-electron chi connectivity index (χ1n) is 5.26. The van der Waals surface area contributed by atoms with Crippen molar-refractivity contribution in [1.29, 1.82) is 0 Å². The summed E-state index contributed by atoms with van der Waals surface area (Å²) >= 11 is 0. The van der Waals surface area contributed by atoms with E-state index in [1.165, 1.54) is 0 Å². The number of carbonyl (C=O) groups excluding carboxylic acids is 1. The van der Waals surface area contributed by atoms with Crippen LogP contribution in [0, 0.1) is 17.5 Å². The minimum Gasteiger partial charge on any atom is -0.477 e. The lowest BCUT2D eigenvalue weighted by molar-refractivity contribution is -0.108. The molecular formula is C12H6F3NO4. The van der Waals surface area contributed by atoms with E-state index in [9.17, 15) is 27.6 Å². The molecule has 104 valence electrons. The molecule has 1 heterocycles. The summed E-state index contributed by atoms with van der Waals surface area (Å²) in [6.45, 7) is -0.515. The zero-order valence-electron chi connectivity index (χ0n) is 9.69. The molecule has 1 aromatic carbocycles. The molecule has 0 bridgehead atoms. The fraction of sp³-hybridized carbons (Fsp3) is 0.0833. The predicted octanol–water partition coefficient (Wildman–Crippen LogP) is 1.32. The number of nitrogens with zero attached hydrogens (tertiary/aromatic N) is 1. The zero-order valence-corrected chi connectivity index (χ0v) is 9.69. The number of pyridine rings is 1. The smallest absolute Gasteiger partial charge is 0.341 e. The molecule has 0 spiro atoms. The van der Waals surface area contributed by atoms with E-state index in [1.54, 1.807) is 0 Å². The second-order valence-corrected chi connectivity index (χ2v) is 3.88. The Morgan fingerprint density at radius 1 is 1.30 bits per heavy atom. The summed E-state index contributed by atoms with van der Waals surface area (Å²) in [5.74, 6) is -6.70. The van der Waals surface area contributed by atoms with Crippen LogP contribution in [-0.2, 0) is 11.3 Å². The van der Waals surface area contributed by atoms with Crippen LogP contribution < -0.4 is 5.43 Å². The van der Waals surface area contributed by atoms with Crippen molar-refractivity contribution < 1.29 is 27.9 Å². The SMILES string of the molecule is O=CCn1cc(C(=O)O)c(=O)c2cc(F)c(F)c(F)c21. The first-order valence-corrected chi connectivity index (χ1v) is 5.26. The van der Waals surface area contributed by atoms with Gasteiger partial charge in [0.05, 0.1) is 17.4 Å². The number of rotatable bonds is 3. The number of carboxylic acid groups (broad SMARTS) is 1. The second-order valence-electron chi connectivity index (χ2n) is 3.88. The average molecular weight is 285 g/mol. The topological polar surface area (TPSA) is 76.4 Å².